The van der Waals surface area contributed by atoms with E-state index in [1.54, 1.807) is 19.2 Å². The highest BCUT2D eigenvalue weighted by molar-refractivity contribution is 5.97. The van der Waals surface area contributed by atoms with Gasteiger partial charge in [-0.15, -0.1) is 0 Å². The minimum absolute atomic E-state index is 0.250. The van der Waals surface area contributed by atoms with Crippen molar-refractivity contribution in [1.82, 2.24) is 15.6 Å². The molecule has 1 aliphatic rings. The monoisotopic (exact) mass is 342 g/mol. The van der Waals surface area contributed by atoms with Crippen LogP contribution in [0.4, 0.5) is 5.82 Å². The van der Waals surface area contributed by atoms with Crippen molar-refractivity contribution in [2.45, 2.75) is 32.4 Å². The summed E-state index contributed by atoms with van der Waals surface area (Å²) in [5.41, 5.74) is 1.31. The quantitative estimate of drug-likeness (QED) is 0.834. The van der Waals surface area contributed by atoms with Gasteiger partial charge in [0.15, 0.2) is 0 Å². The Kier molecular flexibility index (Phi) is 5.33. The lowest BCUT2D eigenvalue weighted by molar-refractivity contribution is -0.122. The average molecular weight is 342 g/mol. The second-order valence-electron chi connectivity index (χ2n) is 6.14. The van der Waals surface area contributed by atoms with Crippen LogP contribution < -0.4 is 15.5 Å². The number of furan rings is 1. The van der Waals surface area contributed by atoms with Gasteiger partial charge >= 0.3 is 0 Å². The normalized spacial score (nSPS) is 15.0. The molecule has 1 atom stereocenters. The lowest BCUT2D eigenvalue weighted by Gasteiger charge is -2.17. The number of nitrogens with zero attached hydrogens (tertiary/aromatic N) is 2. The molecule has 0 aliphatic carbocycles. The van der Waals surface area contributed by atoms with Gasteiger partial charge < -0.3 is 20.0 Å². The third-order valence-electron chi connectivity index (χ3n) is 4.23. The maximum Gasteiger partial charge on any atom is 0.255 e. The van der Waals surface area contributed by atoms with Crippen LogP contribution in [0.2, 0.25) is 0 Å². The fraction of sp³-hybridized carbons (Fsp3) is 0.389. The first-order valence-corrected chi connectivity index (χ1v) is 8.44. The molecule has 7 heteroatoms. The molecule has 132 valence electrons. The number of rotatable bonds is 6. The molecule has 2 aromatic rings. The standard InChI is InChI=1S/C18H22N4O3/c1-13(21-18(24)15-6-9-25-12-15)17(23)20-11-14-4-5-16(19-10-14)22-7-2-3-8-22/h4-6,9-10,12-13H,2-3,7-8,11H2,1H3,(H,20,23)(H,21,24). The number of amides is 2. The summed E-state index contributed by atoms with van der Waals surface area (Å²) in [6.45, 7) is 4.12. The van der Waals surface area contributed by atoms with E-state index in [0.29, 0.717) is 12.1 Å². The first kappa shape index (κ1) is 17.0. The number of aromatic nitrogens is 1. The second kappa shape index (κ2) is 7.83. The molecule has 3 rings (SSSR count). The molecule has 1 aliphatic heterocycles. The SMILES string of the molecule is CC(NC(=O)c1ccoc1)C(=O)NCc1ccc(N2CCCC2)nc1. The van der Waals surface area contributed by atoms with Crippen LogP contribution in [0.3, 0.4) is 0 Å². The minimum atomic E-state index is -0.640. The summed E-state index contributed by atoms with van der Waals surface area (Å²) in [7, 11) is 0. The molecule has 2 aromatic heterocycles. The van der Waals surface area contributed by atoms with E-state index in [1.807, 2.05) is 12.1 Å². The lowest BCUT2D eigenvalue weighted by Crippen LogP contribution is -2.44. The van der Waals surface area contributed by atoms with Gasteiger partial charge in [-0.25, -0.2) is 4.98 Å². The number of anilines is 1. The maximum absolute atomic E-state index is 12.1. The largest absolute Gasteiger partial charge is 0.472 e. The maximum atomic E-state index is 12.1. The molecule has 0 saturated carbocycles. The van der Waals surface area contributed by atoms with Gasteiger partial charge in [0.1, 0.15) is 18.1 Å². The molecule has 1 unspecified atom stereocenters. The minimum Gasteiger partial charge on any atom is -0.472 e. The van der Waals surface area contributed by atoms with Crippen LogP contribution in [-0.4, -0.2) is 35.9 Å². The van der Waals surface area contributed by atoms with Crippen LogP contribution in [-0.2, 0) is 11.3 Å². The van der Waals surface area contributed by atoms with Gasteiger partial charge in [0.25, 0.3) is 5.91 Å². The zero-order chi connectivity index (χ0) is 17.6. The van der Waals surface area contributed by atoms with Gasteiger partial charge in [-0.05, 0) is 37.5 Å². The van der Waals surface area contributed by atoms with Gasteiger partial charge in [-0.1, -0.05) is 6.07 Å². The second-order valence-corrected chi connectivity index (χ2v) is 6.14. The summed E-state index contributed by atoms with van der Waals surface area (Å²) < 4.78 is 4.86. The van der Waals surface area contributed by atoms with Crippen molar-refractivity contribution in [3.8, 4) is 0 Å². The van der Waals surface area contributed by atoms with Crippen molar-refractivity contribution in [3.63, 3.8) is 0 Å². The van der Waals surface area contributed by atoms with Gasteiger partial charge in [-0.3, -0.25) is 9.59 Å². The zero-order valence-electron chi connectivity index (χ0n) is 14.2. The van der Waals surface area contributed by atoms with Crippen molar-refractivity contribution >= 4 is 17.6 Å². The summed E-state index contributed by atoms with van der Waals surface area (Å²) >= 11 is 0. The van der Waals surface area contributed by atoms with E-state index in [-0.39, 0.29) is 11.8 Å². The molecule has 2 N–H and O–H groups in total. The smallest absolute Gasteiger partial charge is 0.255 e. The van der Waals surface area contributed by atoms with Gasteiger partial charge in [0.2, 0.25) is 5.91 Å². The summed E-state index contributed by atoms with van der Waals surface area (Å²) in [6, 6.07) is 4.86. The zero-order valence-corrected chi connectivity index (χ0v) is 14.2. The molecule has 25 heavy (non-hydrogen) atoms. The van der Waals surface area contributed by atoms with E-state index in [0.717, 1.165) is 24.5 Å². The molecular formula is C18H22N4O3. The molecule has 1 saturated heterocycles. The number of hydrogen-bond acceptors (Lipinski definition) is 5. The van der Waals surface area contributed by atoms with Crippen molar-refractivity contribution in [2.24, 2.45) is 0 Å². The molecule has 1 fully saturated rings. The average Bonchev–Trinajstić information content (AvgIpc) is 3.33. The van der Waals surface area contributed by atoms with Crippen LogP contribution in [0.25, 0.3) is 0 Å². The molecule has 7 nitrogen and oxygen atoms in total. The highest BCUT2D eigenvalue weighted by Crippen LogP contribution is 2.17. The first-order chi connectivity index (χ1) is 12.1. The van der Waals surface area contributed by atoms with E-state index in [1.165, 1.54) is 25.4 Å². The van der Waals surface area contributed by atoms with Crippen molar-refractivity contribution in [1.29, 1.82) is 0 Å². The van der Waals surface area contributed by atoms with Crippen molar-refractivity contribution in [3.05, 3.63) is 48.0 Å². The predicted molar refractivity (Wildman–Crippen MR) is 93.2 cm³/mol. The molecule has 0 bridgehead atoms. The number of pyridine rings is 1. The Morgan fingerprint density at radius 1 is 1.28 bits per heavy atom. The Labute approximate surface area is 146 Å². The van der Waals surface area contributed by atoms with Crippen molar-refractivity contribution < 1.29 is 14.0 Å². The molecule has 3 heterocycles. The first-order valence-electron chi connectivity index (χ1n) is 8.44. The van der Waals surface area contributed by atoms with Crippen LogP contribution in [0.15, 0.2) is 41.3 Å². The molecular weight excluding hydrogens is 320 g/mol. The third kappa shape index (κ3) is 4.37. The third-order valence-corrected chi connectivity index (χ3v) is 4.23. The fourth-order valence-corrected chi connectivity index (χ4v) is 2.74. The van der Waals surface area contributed by atoms with Crippen LogP contribution in [0, 0.1) is 0 Å². The number of carbonyl (C=O) groups excluding carboxylic acids is 2. The van der Waals surface area contributed by atoms with Gasteiger partial charge in [0, 0.05) is 25.8 Å². The van der Waals surface area contributed by atoms with E-state index in [4.69, 9.17) is 4.42 Å². The highest BCUT2D eigenvalue weighted by atomic mass is 16.3. The molecule has 0 spiro atoms. The van der Waals surface area contributed by atoms with Crippen LogP contribution in [0.5, 0.6) is 0 Å². The number of nitrogens with one attached hydrogen (secondary N) is 2. The van der Waals surface area contributed by atoms with E-state index >= 15 is 0 Å². The number of carbonyl (C=O) groups is 2. The summed E-state index contributed by atoms with van der Waals surface area (Å²) in [5.74, 6) is 0.391. The molecule has 2 amide bonds. The fourth-order valence-electron chi connectivity index (χ4n) is 2.74. The molecule has 0 radical (unpaired) electrons. The Hall–Kier alpha value is -2.83. The summed E-state index contributed by atoms with van der Waals surface area (Å²) in [6.07, 6.45) is 6.96. The summed E-state index contributed by atoms with van der Waals surface area (Å²) in [4.78, 5) is 30.7. The van der Waals surface area contributed by atoms with Crippen LogP contribution in [0.1, 0.15) is 35.7 Å². The Bertz CT molecular complexity index is 706. The molecule has 0 aromatic carbocycles. The number of hydrogen-bond donors (Lipinski definition) is 2. The Morgan fingerprint density at radius 2 is 2.08 bits per heavy atom. The van der Waals surface area contributed by atoms with E-state index in [9.17, 15) is 9.59 Å². The van der Waals surface area contributed by atoms with Crippen molar-refractivity contribution in [2.75, 3.05) is 18.0 Å². The Morgan fingerprint density at radius 3 is 2.72 bits per heavy atom. The van der Waals surface area contributed by atoms with Gasteiger partial charge in [0.05, 0.1) is 11.8 Å². The topological polar surface area (TPSA) is 87.5 Å². The highest BCUT2D eigenvalue weighted by Gasteiger charge is 2.17. The van der Waals surface area contributed by atoms with E-state index in [2.05, 4.69) is 20.5 Å². The lowest BCUT2D eigenvalue weighted by atomic mass is 10.2. The van der Waals surface area contributed by atoms with E-state index < -0.39 is 6.04 Å². The van der Waals surface area contributed by atoms with Crippen LogP contribution >= 0.6 is 0 Å². The van der Waals surface area contributed by atoms with Gasteiger partial charge in [-0.2, -0.15) is 0 Å². The summed E-state index contributed by atoms with van der Waals surface area (Å²) in [5, 5.41) is 5.44. The predicted octanol–water partition coefficient (Wildman–Crippen LogP) is 1.71. The Balaban J connectivity index is 1.47.